The first-order valence-electron chi connectivity index (χ1n) is 7.87. The van der Waals surface area contributed by atoms with Crippen LogP contribution in [0.4, 0.5) is 0 Å². The van der Waals surface area contributed by atoms with Crippen LogP contribution in [0.15, 0.2) is 24.3 Å². The number of aryl methyl sites for hydroxylation is 1. The second-order valence-electron chi connectivity index (χ2n) is 6.19. The number of nitrogens with two attached hydrogens (primary N) is 1. The first-order chi connectivity index (χ1) is 9.60. The average molecular weight is 275 g/mol. The van der Waals surface area contributed by atoms with Crippen LogP contribution in [0.25, 0.3) is 0 Å². The van der Waals surface area contributed by atoms with Gasteiger partial charge in [-0.2, -0.15) is 0 Å². The number of piperazine rings is 1. The molecular weight excluding hydrogens is 246 g/mol. The molecule has 2 atom stereocenters. The van der Waals surface area contributed by atoms with E-state index in [0.29, 0.717) is 6.04 Å². The summed E-state index contributed by atoms with van der Waals surface area (Å²) in [5.74, 6) is 0. The predicted molar refractivity (Wildman–Crippen MR) is 85.9 cm³/mol. The van der Waals surface area contributed by atoms with Crippen LogP contribution in [-0.4, -0.2) is 49.1 Å². The Hall–Kier alpha value is -0.900. The zero-order valence-corrected chi connectivity index (χ0v) is 13.2. The van der Waals surface area contributed by atoms with E-state index >= 15 is 0 Å². The lowest BCUT2D eigenvalue weighted by Crippen LogP contribution is -2.51. The molecule has 1 aliphatic rings. The van der Waals surface area contributed by atoms with E-state index in [4.69, 9.17) is 5.73 Å². The molecule has 3 nitrogen and oxygen atoms in total. The van der Waals surface area contributed by atoms with Crippen molar-refractivity contribution in [1.29, 1.82) is 0 Å². The molecule has 1 fully saturated rings. The average Bonchev–Trinajstić information content (AvgIpc) is 2.44. The number of likely N-dealkylation sites (N-methyl/N-ethyl adjacent to an activating group) is 1. The highest BCUT2D eigenvalue weighted by molar-refractivity contribution is 5.25. The largest absolute Gasteiger partial charge is 0.323 e. The second-order valence-corrected chi connectivity index (χ2v) is 6.19. The van der Waals surface area contributed by atoms with Crippen molar-refractivity contribution in [2.75, 3.05) is 33.2 Å². The van der Waals surface area contributed by atoms with Crippen LogP contribution in [0.3, 0.4) is 0 Å². The molecule has 1 heterocycles. The SMILES string of the molecule is CCCc1ccc(C(N)CN2CCN(C)C(C)C2)cc1. The zero-order valence-electron chi connectivity index (χ0n) is 13.2. The lowest BCUT2D eigenvalue weighted by Gasteiger charge is -2.38. The molecule has 1 aromatic carbocycles. The summed E-state index contributed by atoms with van der Waals surface area (Å²) in [5, 5.41) is 0. The zero-order chi connectivity index (χ0) is 14.5. The Balaban J connectivity index is 1.89. The summed E-state index contributed by atoms with van der Waals surface area (Å²) in [6.45, 7) is 8.86. The van der Waals surface area contributed by atoms with E-state index in [1.807, 2.05) is 0 Å². The molecule has 0 bridgehead atoms. The van der Waals surface area contributed by atoms with Gasteiger partial charge in [0.15, 0.2) is 0 Å². The second kappa shape index (κ2) is 7.21. The van der Waals surface area contributed by atoms with Crippen molar-refractivity contribution >= 4 is 0 Å². The van der Waals surface area contributed by atoms with Crippen LogP contribution in [0, 0.1) is 0 Å². The standard InChI is InChI=1S/C17H29N3/c1-4-5-15-6-8-16(9-7-15)17(18)13-20-11-10-19(3)14(2)12-20/h6-9,14,17H,4-5,10-13,18H2,1-3H3. The Morgan fingerprint density at radius 1 is 1.25 bits per heavy atom. The van der Waals surface area contributed by atoms with Crippen LogP contribution in [0.2, 0.25) is 0 Å². The van der Waals surface area contributed by atoms with Crippen LogP contribution in [-0.2, 0) is 6.42 Å². The van der Waals surface area contributed by atoms with Gasteiger partial charge in [0.1, 0.15) is 0 Å². The third-order valence-corrected chi connectivity index (χ3v) is 4.45. The summed E-state index contributed by atoms with van der Waals surface area (Å²) >= 11 is 0. The molecule has 2 N–H and O–H groups in total. The van der Waals surface area contributed by atoms with Gasteiger partial charge in [0.25, 0.3) is 0 Å². The third kappa shape index (κ3) is 4.05. The van der Waals surface area contributed by atoms with Gasteiger partial charge in [-0.1, -0.05) is 37.6 Å². The Morgan fingerprint density at radius 2 is 1.95 bits per heavy atom. The fraction of sp³-hybridized carbons (Fsp3) is 0.647. The highest BCUT2D eigenvalue weighted by Gasteiger charge is 2.22. The Bertz CT molecular complexity index is 401. The van der Waals surface area contributed by atoms with Crippen molar-refractivity contribution < 1.29 is 0 Å². The van der Waals surface area contributed by atoms with E-state index < -0.39 is 0 Å². The van der Waals surface area contributed by atoms with Crippen molar-refractivity contribution in [2.45, 2.75) is 38.8 Å². The number of benzene rings is 1. The summed E-state index contributed by atoms with van der Waals surface area (Å²) in [6, 6.07) is 9.62. The predicted octanol–water partition coefficient (Wildman–Crippen LogP) is 2.27. The summed E-state index contributed by atoms with van der Waals surface area (Å²) in [5.41, 5.74) is 9.05. The van der Waals surface area contributed by atoms with Gasteiger partial charge in [0.2, 0.25) is 0 Å². The third-order valence-electron chi connectivity index (χ3n) is 4.45. The maximum absolute atomic E-state index is 6.37. The monoisotopic (exact) mass is 275 g/mol. The highest BCUT2D eigenvalue weighted by atomic mass is 15.3. The fourth-order valence-corrected chi connectivity index (χ4v) is 2.89. The number of hydrogen-bond acceptors (Lipinski definition) is 3. The molecule has 1 aliphatic heterocycles. The molecule has 20 heavy (non-hydrogen) atoms. The quantitative estimate of drug-likeness (QED) is 0.895. The molecule has 1 saturated heterocycles. The van der Waals surface area contributed by atoms with Crippen LogP contribution >= 0.6 is 0 Å². The number of hydrogen-bond donors (Lipinski definition) is 1. The first kappa shape index (κ1) is 15.5. The minimum absolute atomic E-state index is 0.126. The highest BCUT2D eigenvalue weighted by Crippen LogP contribution is 2.16. The van der Waals surface area contributed by atoms with Crippen molar-refractivity contribution in [1.82, 2.24) is 9.80 Å². The fourth-order valence-electron chi connectivity index (χ4n) is 2.89. The van der Waals surface area contributed by atoms with Gasteiger partial charge < -0.3 is 10.6 Å². The summed E-state index contributed by atoms with van der Waals surface area (Å²) in [4.78, 5) is 4.91. The lowest BCUT2D eigenvalue weighted by molar-refractivity contribution is 0.100. The minimum Gasteiger partial charge on any atom is -0.323 e. The molecule has 2 rings (SSSR count). The molecule has 0 saturated carbocycles. The van der Waals surface area contributed by atoms with E-state index in [2.05, 4.69) is 55.0 Å². The summed E-state index contributed by atoms with van der Waals surface area (Å²) in [7, 11) is 2.20. The normalized spacial score (nSPS) is 22.9. The van der Waals surface area contributed by atoms with Crippen LogP contribution in [0.1, 0.15) is 37.4 Å². The van der Waals surface area contributed by atoms with E-state index in [1.165, 1.54) is 17.5 Å². The molecule has 0 aliphatic carbocycles. The minimum atomic E-state index is 0.126. The topological polar surface area (TPSA) is 32.5 Å². The Morgan fingerprint density at radius 3 is 2.55 bits per heavy atom. The number of nitrogens with zero attached hydrogens (tertiary/aromatic N) is 2. The molecule has 0 amide bonds. The van der Waals surface area contributed by atoms with E-state index in [1.54, 1.807) is 0 Å². The van der Waals surface area contributed by atoms with Gasteiger partial charge in [-0.15, -0.1) is 0 Å². The van der Waals surface area contributed by atoms with Gasteiger partial charge in [-0.05, 0) is 31.5 Å². The van der Waals surface area contributed by atoms with Gasteiger partial charge in [-0.3, -0.25) is 4.90 Å². The Kier molecular flexibility index (Phi) is 5.58. The van der Waals surface area contributed by atoms with Gasteiger partial charge in [-0.25, -0.2) is 0 Å². The summed E-state index contributed by atoms with van der Waals surface area (Å²) < 4.78 is 0. The van der Waals surface area contributed by atoms with E-state index in [-0.39, 0.29) is 6.04 Å². The lowest BCUT2D eigenvalue weighted by atomic mass is 10.0. The van der Waals surface area contributed by atoms with Crippen molar-refractivity contribution in [2.24, 2.45) is 5.73 Å². The molecule has 3 heteroatoms. The first-order valence-corrected chi connectivity index (χ1v) is 7.87. The number of rotatable bonds is 5. The van der Waals surface area contributed by atoms with Crippen molar-refractivity contribution in [3.8, 4) is 0 Å². The molecule has 0 aromatic heterocycles. The van der Waals surface area contributed by atoms with Crippen molar-refractivity contribution in [3.63, 3.8) is 0 Å². The van der Waals surface area contributed by atoms with Crippen LogP contribution < -0.4 is 5.73 Å². The molecule has 2 unspecified atom stereocenters. The van der Waals surface area contributed by atoms with Gasteiger partial charge >= 0.3 is 0 Å². The van der Waals surface area contributed by atoms with E-state index in [0.717, 1.165) is 32.6 Å². The van der Waals surface area contributed by atoms with Crippen LogP contribution in [0.5, 0.6) is 0 Å². The van der Waals surface area contributed by atoms with Crippen molar-refractivity contribution in [3.05, 3.63) is 35.4 Å². The Labute approximate surface area is 123 Å². The molecular formula is C17H29N3. The maximum Gasteiger partial charge on any atom is 0.0424 e. The van der Waals surface area contributed by atoms with E-state index in [9.17, 15) is 0 Å². The molecule has 1 aromatic rings. The van der Waals surface area contributed by atoms with Gasteiger partial charge in [0.05, 0.1) is 0 Å². The molecule has 0 radical (unpaired) electrons. The summed E-state index contributed by atoms with van der Waals surface area (Å²) in [6.07, 6.45) is 2.36. The smallest absolute Gasteiger partial charge is 0.0424 e. The van der Waals surface area contributed by atoms with Gasteiger partial charge in [0, 0.05) is 38.3 Å². The molecule has 0 spiro atoms. The molecule has 112 valence electrons. The maximum atomic E-state index is 6.37.